The van der Waals surface area contributed by atoms with Crippen LogP contribution in [-0.4, -0.2) is 147 Å². The van der Waals surface area contributed by atoms with E-state index in [1.54, 1.807) is 121 Å². The highest BCUT2D eigenvalue weighted by Gasteiger charge is 2.63. The summed E-state index contributed by atoms with van der Waals surface area (Å²) in [5, 5.41) is 16.1. The molecule has 22 nitrogen and oxygen atoms in total. The lowest BCUT2D eigenvalue weighted by Gasteiger charge is -2.38. The van der Waals surface area contributed by atoms with Crippen molar-refractivity contribution in [3.8, 4) is 0 Å². The van der Waals surface area contributed by atoms with Crippen LogP contribution in [0.25, 0.3) is 0 Å². The Hall–Kier alpha value is -5.95. The molecule has 2 heterocycles. The van der Waals surface area contributed by atoms with Crippen LogP contribution in [0.15, 0.2) is 82.0 Å². The lowest BCUT2D eigenvalue weighted by Crippen LogP contribution is -2.60. The Labute approximate surface area is 608 Å². The zero-order valence-electron chi connectivity index (χ0n) is 61.5. The number of carbonyl (C=O) groups is 6. The molecule has 4 amide bonds. The quantitative estimate of drug-likeness (QED) is 0.00413. The molecule has 0 aliphatic rings. The van der Waals surface area contributed by atoms with E-state index in [0.29, 0.717) is 39.7 Å². The van der Waals surface area contributed by atoms with Crippen molar-refractivity contribution in [1.82, 2.24) is 20.7 Å². The van der Waals surface area contributed by atoms with Crippen LogP contribution in [0.4, 0.5) is 47.3 Å². The van der Waals surface area contributed by atoms with E-state index in [1.165, 1.54) is 12.1 Å². The number of ketones is 1. The fourth-order valence-corrected chi connectivity index (χ4v) is 12.0. The van der Waals surface area contributed by atoms with E-state index in [1.807, 2.05) is 13.8 Å². The van der Waals surface area contributed by atoms with E-state index in [4.69, 9.17) is 48.2 Å². The van der Waals surface area contributed by atoms with Crippen molar-refractivity contribution < 1.29 is 97.5 Å². The number of carbonyl (C=O) groups excluding carboxylic acids is 5. The van der Waals surface area contributed by atoms with Crippen molar-refractivity contribution >= 4 is 95.6 Å². The van der Waals surface area contributed by atoms with E-state index in [9.17, 15) is 55.1 Å². The number of anilines is 2. The lowest BCUT2D eigenvalue weighted by atomic mass is 9.97. The number of aromatic carboxylic acids is 1. The number of carboxylic acids is 1. The molecule has 0 saturated carbocycles. The van der Waals surface area contributed by atoms with Gasteiger partial charge < -0.3 is 47.7 Å². The van der Waals surface area contributed by atoms with Crippen molar-refractivity contribution in [1.29, 1.82) is 0 Å². The molecule has 7 N–H and O–H groups in total. The molecule has 2 aromatic heterocycles. The summed E-state index contributed by atoms with van der Waals surface area (Å²) in [7, 11) is -4.00. The van der Waals surface area contributed by atoms with Crippen LogP contribution in [0.3, 0.4) is 0 Å². The predicted molar refractivity (Wildman–Crippen MR) is 385 cm³/mol. The number of hydrogen-bond acceptors (Lipinski definition) is 17. The first-order valence-corrected chi connectivity index (χ1v) is 40.0. The molecule has 0 aliphatic heterocycles. The standard InChI is InChI=1S/C35H51BrF3N3O7Si.C22H37F3N2O4Si.C12H15BrN2O4/c1-23-20-26(41-31(45)48-32(3,4)5)28(42-29(23)36)27(43)21-40-30(44)34(35(37,38)39,47-22-25-14-12-11-13-15-25)17-19-46-18-16-24(2)49-50(9,10)33(6,7)8;1-17(31-32(5,6)20(2,3)4)12-14-29-15-13-21(19(28)27-26,22(23,24)25)30-16-18-10-8-7-9-11-18;1-6-5-7(8(10(16)17)15-9(6)13)14-11(18)19-12(2,3)4/h11-15,20,24H,16-19,21-22H2,1-10H3,(H,40,44)(H,41,45);7-11,17H,12-16,26H2,1-6H3,(H,27,28);5H,1-4H3,(H,14,18)(H,16,17)/t24-,34?;17-,21?;/m00./s1. The summed E-state index contributed by atoms with van der Waals surface area (Å²) >= 11 is 6.38. The van der Waals surface area contributed by atoms with Gasteiger partial charge in [0.15, 0.2) is 22.3 Å². The fourth-order valence-electron chi connectivity index (χ4n) is 8.46. The molecule has 2 aromatic carbocycles. The number of nitrogens with two attached hydrogens (primary N) is 1. The predicted octanol–water partition coefficient (Wildman–Crippen LogP) is 16.4. The maximum atomic E-state index is 14.9. The summed E-state index contributed by atoms with van der Waals surface area (Å²) < 4.78 is 132. The molecule has 32 heteroatoms. The van der Waals surface area contributed by atoms with Gasteiger partial charge in [-0.05, 0) is 185 Å². The van der Waals surface area contributed by atoms with Crippen molar-refractivity contribution in [2.24, 2.45) is 5.84 Å². The number of hydrogen-bond donors (Lipinski definition) is 6. The Balaban J connectivity index is 0.000000576. The van der Waals surface area contributed by atoms with Crippen molar-refractivity contribution in [2.45, 2.75) is 233 Å². The average molecular weight is 1600 g/mol. The minimum absolute atomic E-state index is 0.0124. The number of pyridine rings is 2. The van der Waals surface area contributed by atoms with Crippen LogP contribution in [0.2, 0.25) is 36.3 Å². The molecule has 0 aliphatic carbocycles. The number of benzene rings is 2. The van der Waals surface area contributed by atoms with Crippen molar-refractivity contribution in [3.05, 3.63) is 116 Å². The van der Waals surface area contributed by atoms with Crippen LogP contribution >= 0.6 is 31.9 Å². The van der Waals surface area contributed by atoms with Gasteiger partial charge in [0, 0.05) is 38.3 Å². The molecular weight excluding hydrogens is 1500 g/mol. The van der Waals surface area contributed by atoms with E-state index >= 15 is 0 Å². The SMILES string of the molecule is C[C@@H](CCOCCC(OCc1ccccc1)(C(=O)NN)C(F)(F)F)O[Si](C)(C)C(C)(C)C.Cc1cc(NC(=O)OC(C)(C)C)c(C(=O)CNC(=O)C(CCOCC[C@H](C)O[Si](C)(C)C(C)(C)C)(OCc2ccccc2)C(F)(F)F)nc1Br.Cc1cc(NC(=O)OC(C)(C)C)c(C(=O)O)nc1Br. The number of carboxylic acid groups (broad SMARTS) is 1. The molecule has 2 unspecified atom stereocenters. The van der Waals surface area contributed by atoms with E-state index in [0.717, 1.165) is 0 Å². The number of alkyl halides is 6. The third kappa shape index (κ3) is 30.0. The summed E-state index contributed by atoms with van der Waals surface area (Å²) in [5.41, 5.74) is -4.69. The molecule has 4 aromatic rings. The maximum absolute atomic E-state index is 14.9. The topological polar surface area (TPSA) is 296 Å². The Kier molecular flexibility index (Phi) is 34.9. The molecule has 101 heavy (non-hydrogen) atoms. The van der Waals surface area contributed by atoms with Gasteiger partial charge >= 0.3 is 30.5 Å². The number of hydrazine groups is 1. The number of rotatable bonds is 30. The third-order valence-corrected chi connectivity index (χ3v) is 26.8. The zero-order chi connectivity index (χ0) is 77.6. The molecule has 0 spiro atoms. The fraction of sp³-hybridized carbons (Fsp3) is 0.594. The van der Waals surface area contributed by atoms with Crippen molar-refractivity contribution in [3.63, 3.8) is 0 Å². The number of Topliss-reactive ketones (excluding diaryl/α,β-unsaturated/α-hetero) is 1. The van der Waals surface area contributed by atoms with Crippen molar-refractivity contribution in [2.75, 3.05) is 43.6 Å². The van der Waals surface area contributed by atoms with E-state index in [-0.39, 0.29) is 69.5 Å². The van der Waals surface area contributed by atoms with Gasteiger partial charge in [-0.25, -0.2) is 30.2 Å². The van der Waals surface area contributed by atoms with E-state index < -0.39 is 126 Å². The summed E-state index contributed by atoms with van der Waals surface area (Å²) in [6, 6.07) is 19.4. The van der Waals surface area contributed by atoms with Gasteiger partial charge in [-0.1, -0.05) is 102 Å². The molecule has 0 fully saturated rings. The molecule has 4 rings (SSSR count). The highest BCUT2D eigenvalue weighted by atomic mass is 79.9. The summed E-state index contributed by atoms with van der Waals surface area (Å²) in [6.07, 6.45) is -12.7. The summed E-state index contributed by atoms with van der Waals surface area (Å²) in [5.74, 6) is -0.0681. The first-order valence-electron chi connectivity index (χ1n) is 32.5. The van der Waals surface area contributed by atoms with Crippen LogP contribution < -0.4 is 27.2 Å². The zero-order valence-corrected chi connectivity index (χ0v) is 66.7. The van der Waals surface area contributed by atoms with Gasteiger partial charge in [0.25, 0.3) is 11.8 Å². The second kappa shape index (κ2) is 38.7. The van der Waals surface area contributed by atoms with Crippen LogP contribution in [0.1, 0.15) is 166 Å². The number of nitrogens with zero attached hydrogens (tertiary/aromatic N) is 2. The van der Waals surface area contributed by atoms with Gasteiger partial charge in [-0.15, -0.1) is 0 Å². The Morgan fingerprint density at radius 3 is 1.23 bits per heavy atom. The smallest absolute Gasteiger partial charge is 0.426 e. The number of ether oxygens (including phenoxy) is 6. The molecule has 0 saturated heterocycles. The summed E-state index contributed by atoms with van der Waals surface area (Å²) in [4.78, 5) is 82.3. The maximum Gasteiger partial charge on any atom is 0.426 e. The van der Waals surface area contributed by atoms with Crippen LogP contribution in [0.5, 0.6) is 0 Å². The molecule has 0 bridgehead atoms. The number of aryl methyl sites for hydroxylation is 2. The Morgan fingerprint density at radius 2 is 0.901 bits per heavy atom. The highest BCUT2D eigenvalue weighted by molar-refractivity contribution is 9.10. The summed E-state index contributed by atoms with van der Waals surface area (Å²) in [6.45, 7) is 36.3. The second-order valence-electron chi connectivity index (χ2n) is 29.0. The highest BCUT2D eigenvalue weighted by Crippen LogP contribution is 2.42. The normalized spacial score (nSPS) is 14.2. The minimum atomic E-state index is -5.19. The second-order valence-corrected chi connectivity index (χ2v) is 40.0. The minimum Gasteiger partial charge on any atom is -0.476 e. The van der Waals surface area contributed by atoms with Crippen LogP contribution in [0, 0.1) is 13.8 Å². The first-order chi connectivity index (χ1) is 46.1. The molecule has 4 atom stereocenters. The number of amides is 4. The first kappa shape index (κ1) is 91.1. The average Bonchev–Trinajstić information content (AvgIpc) is 0.787. The van der Waals surface area contributed by atoms with Gasteiger partial charge in [0.2, 0.25) is 17.0 Å². The largest absolute Gasteiger partial charge is 0.476 e. The Bertz CT molecular complexity index is 3350. The van der Waals surface area contributed by atoms with Gasteiger partial charge in [0.1, 0.15) is 26.1 Å². The molecular formula is C69H103Br2F6N7O15Si2. The number of nitrogens with one attached hydrogen (secondary N) is 4. The van der Waals surface area contributed by atoms with Gasteiger partial charge in [0.05, 0.1) is 44.3 Å². The third-order valence-electron chi connectivity index (χ3n) is 16.0. The Morgan fingerprint density at radius 1 is 0.554 bits per heavy atom. The molecule has 0 radical (unpaired) electrons. The molecule has 568 valence electrons. The van der Waals surface area contributed by atoms with E-state index in [2.05, 4.69) is 126 Å². The van der Waals surface area contributed by atoms with Crippen LogP contribution in [-0.2, 0) is 60.1 Å². The lowest BCUT2D eigenvalue weighted by molar-refractivity contribution is -0.276. The number of aromatic nitrogens is 2. The number of halogens is 8. The van der Waals surface area contributed by atoms with Gasteiger partial charge in [-0.2, -0.15) is 26.3 Å². The van der Waals surface area contributed by atoms with Gasteiger partial charge in [-0.3, -0.25) is 30.4 Å². The monoisotopic (exact) mass is 1600 g/mol.